The second-order valence-electron chi connectivity index (χ2n) is 8.49. The molecule has 0 fully saturated rings. The van der Waals surface area contributed by atoms with Crippen molar-refractivity contribution >= 4 is 23.3 Å². The Morgan fingerprint density at radius 2 is 1.34 bits per heavy atom. The van der Waals surface area contributed by atoms with Gasteiger partial charge in [-0.25, -0.2) is 9.68 Å². The fourth-order valence-corrected chi connectivity index (χ4v) is 3.84. The maximum absolute atomic E-state index is 12.6. The highest BCUT2D eigenvalue weighted by Gasteiger charge is 2.17. The molecule has 5 N–H and O–H groups in total. The molecule has 0 bridgehead atoms. The highest BCUT2D eigenvalue weighted by molar-refractivity contribution is 6.10. The van der Waals surface area contributed by atoms with Crippen LogP contribution in [0.5, 0.6) is 5.75 Å². The van der Waals surface area contributed by atoms with Crippen molar-refractivity contribution in [3.8, 4) is 5.75 Å². The number of hydrogen-bond donors (Lipinski definition) is 5. The lowest BCUT2D eigenvalue weighted by Gasteiger charge is -2.11. The van der Waals surface area contributed by atoms with Crippen LogP contribution >= 0.6 is 0 Å². The zero-order valence-corrected chi connectivity index (χ0v) is 20.3. The van der Waals surface area contributed by atoms with Gasteiger partial charge in [0.25, 0.3) is 5.91 Å². The van der Waals surface area contributed by atoms with Crippen LogP contribution in [0.4, 0.5) is 11.4 Å². The van der Waals surface area contributed by atoms with E-state index in [-0.39, 0.29) is 23.5 Å². The number of hydrogen-bond acceptors (Lipinski definition) is 7. The summed E-state index contributed by atoms with van der Waals surface area (Å²) < 4.78 is 0. The van der Waals surface area contributed by atoms with Crippen LogP contribution in [0.15, 0.2) is 91.0 Å². The van der Waals surface area contributed by atoms with Gasteiger partial charge in [0.15, 0.2) is 0 Å². The molecule has 4 rings (SSSR count). The molecule has 0 spiro atoms. The molecule has 1 amide bonds. The largest absolute Gasteiger partial charge is 0.508 e. The van der Waals surface area contributed by atoms with Crippen LogP contribution in [-0.4, -0.2) is 27.3 Å². The van der Waals surface area contributed by atoms with Crippen molar-refractivity contribution in [1.82, 2.24) is 0 Å². The minimum atomic E-state index is -1.30. The Balaban J connectivity index is 1.30. The number of carboxylic acids is 1. The predicted molar refractivity (Wildman–Crippen MR) is 141 cm³/mol. The second-order valence-corrected chi connectivity index (χ2v) is 8.49. The van der Waals surface area contributed by atoms with Crippen molar-refractivity contribution in [2.75, 3.05) is 10.8 Å². The van der Waals surface area contributed by atoms with Gasteiger partial charge in [0, 0.05) is 5.69 Å². The third-order valence-electron chi connectivity index (χ3n) is 5.81. The summed E-state index contributed by atoms with van der Waals surface area (Å²) in [6, 6.07) is 26.1. The molecule has 0 aliphatic heterocycles. The second kappa shape index (κ2) is 12.5. The number of anilines is 2. The van der Waals surface area contributed by atoms with Gasteiger partial charge >= 0.3 is 5.97 Å². The zero-order chi connectivity index (χ0) is 26.9. The Hall–Kier alpha value is -4.70. The number of phenolic OH excluding ortho intramolecular Hbond substituents is 1. The van der Waals surface area contributed by atoms with E-state index >= 15 is 0 Å². The molecule has 0 aromatic heterocycles. The summed E-state index contributed by atoms with van der Waals surface area (Å²) in [7, 11) is 0. The fraction of sp³-hybridized carbons (Fsp3) is 0.103. The van der Waals surface area contributed by atoms with Crippen molar-refractivity contribution in [2.45, 2.75) is 19.6 Å². The molecular weight excluding hydrogens is 488 g/mol. The maximum atomic E-state index is 12.6. The maximum Gasteiger partial charge on any atom is 0.336 e. The summed E-state index contributed by atoms with van der Waals surface area (Å²) in [5.41, 5.74) is 7.74. The third kappa shape index (κ3) is 6.95. The number of rotatable bonds is 11. The first-order valence-electron chi connectivity index (χ1n) is 11.7. The van der Waals surface area contributed by atoms with Crippen LogP contribution < -0.4 is 10.8 Å². The van der Waals surface area contributed by atoms with Crippen LogP contribution in [0.3, 0.4) is 0 Å². The minimum Gasteiger partial charge on any atom is -0.508 e. The molecule has 9 heteroatoms. The Kier molecular flexibility index (Phi) is 8.68. The minimum absolute atomic E-state index is 0.0413. The number of amides is 1. The monoisotopic (exact) mass is 514 g/mol. The molecule has 0 atom stereocenters. The van der Waals surface area contributed by atoms with E-state index in [9.17, 15) is 19.8 Å². The first-order chi connectivity index (χ1) is 18.4. The van der Waals surface area contributed by atoms with E-state index in [0.29, 0.717) is 18.7 Å². The highest BCUT2D eigenvalue weighted by Crippen LogP contribution is 2.20. The van der Waals surface area contributed by atoms with Gasteiger partial charge in [0.2, 0.25) is 0 Å². The lowest BCUT2D eigenvalue weighted by molar-refractivity contribution is -0.253. The van der Waals surface area contributed by atoms with Gasteiger partial charge in [-0.05, 0) is 71.1 Å². The number of aromatic carboxylic acids is 1. The molecule has 9 nitrogen and oxygen atoms in total. The highest BCUT2D eigenvalue weighted by atomic mass is 17.1. The van der Waals surface area contributed by atoms with E-state index in [0.717, 1.165) is 34.0 Å². The van der Waals surface area contributed by atoms with Gasteiger partial charge in [0.05, 0.1) is 23.4 Å². The van der Waals surface area contributed by atoms with E-state index in [1.807, 2.05) is 60.7 Å². The van der Waals surface area contributed by atoms with Crippen molar-refractivity contribution in [3.63, 3.8) is 0 Å². The molecule has 0 unspecified atom stereocenters. The van der Waals surface area contributed by atoms with Crippen LogP contribution in [0.2, 0.25) is 0 Å². The average molecular weight is 515 g/mol. The fourth-order valence-electron chi connectivity index (χ4n) is 3.84. The van der Waals surface area contributed by atoms with Crippen LogP contribution in [0.25, 0.3) is 0 Å². The Labute approximate surface area is 218 Å². The molecular formula is C29H26N2O7. The first-order valence-corrected chi connectivity index (χ1v) is 11.7. The molecule has 0 saturated heterocycles. The van der Waals surface area contributed by atoms with E-state index < -0.39 is 11.9 Å². The number of carbonyl (C=O) groups is 2. The summed E-state index contributed by atoms with van der Waals surface area (Å²) in [6.07, 6.45) is 0.672. The molecule has 0 aliphatic rings. The molecule has 4 aromatic rings. The van der Waals surface area contributed by atoms with Gasteiger partial charge in [-0.15, -0.1) is 0 Å². The molecule has 0 aliphatic carbocycles. The normalized spacial score (nSPS) is 10.7. The Morgan fingerprint density at radius 3 is 1.95 bits per heavy atom. The number of carboxylic acid groups (broad SMARTS) is 1. The standard InChI is InChI=1S/C29H26N2O7/c32-25-13-14-26(27(16-25)29(34)35)28(33)30-23-9-5-19(6-10-23)15-20-7-11-24(12-8-20)31-37-17-21-3-1-2-4-22(21)18-38-36/h1-14,16,31-32,36H,15,17-18H2,(H,30,33)(H,34,35). The van der Waals surface area contributed by atoms with Crippen LogP contribution in [0, 0.1) is 0 Å². The van der Waals surface area contributed by atoms with Gasteiger partial charge in [-0.1, -0.05) is 48.5 Å². The number of aromatic hydroxyl groups is 1. The van der Waals surface area contributed by atoms with Crippen molar-refractivity contribution < 1.29 is 34.8 Å². The van der Waals surface area contributed by atoms with Crippen molar-refractivity contribution in [1.29, 1.82) is 0 Å². The topological polar surface area (TPSA) is 137 Å². The number of nitrogens with one attached hydrogen (secondary N) is 2. The zero-order valence-electron chi connectivity index (χ0n) is 20.3. The predicted octanol–water partition coefficient (Wildman–Crippen LogP) is 5.47. The van der Waals surface area contributed by atoms with Gasteiger partial charge in [0.1, 0.15) is 12.4 Å². The lowest BCUT2D eigenvalue weighted by Crippen LogP contribution is -2.16. The lowest BCUT2D eigenvalue weighted by atomic mass is 10.0. The number of carbonyl (C=O) groups excluding carboxylic acids is 1. The Bertz CT molecular complexity index is 1400. The van der Waals surface area contributed by atoms with Gasteiger partial charge in [-0.3, -0.25) is 20.4 Å². The molecule has 4 aromatic carbocycles. The van der Waals surface area contributed by atoms with Crippen molar-refractivity contribution in [2.24, 2.45) is 0 Å². The summed E-state index contributed by atoms with van der Waals surface area (Å²) in [5, 5.41) is 30.2. The summed E-state index contributed by atoms with van der Waals surface area (Å²) in [6.45, 7) is 0.389. The Morgan fingerprint density at radius 1 is 0.737 bits per heavy atom. The average Bonchev–Trinajstić information content (AvgIpc) is 2.92. The molecule has 0 heterocycles. The molecule has 0 saturated carbocycles. The van der Waals surface area contributed by atoms with Crippen LogP contribution in [-0.2, 0) is 29.4 Å². The number of phenols is 1. The summed E-state index contributed by atoms with van der Waals surface area (Å²) in [5.74, 6) is -2.10. The van der Waals surface area contributed by atoms with Gasteiger partial charge < -0.3 is 15.5 Å². The van der Waals surface area contributed by atoms with E-state index in [1.54, 1.807) is 12.1 Å². The quantitative estimate of drug-likeness (QED) is 0.131. The van der Waals surface area contributed by atoms with Gasteiger partial charge in [-0.2, -0.15) is 0 Å². The first kappa shape index (κ1) is 26.4. The molecule has 194 valence electrons. The summed E-state index contributed by atoms with van der Waals surface area (Å²) in [4.78, 5) is 33.8. The summed E-state index contributed by atoms with van der Waals surface area (Å²) >= 11 is 0. The van der Waals surface area contributed by atoms with E-state index in [2.05, 4.69) is 15.7 Å². The van der Waals surface area contributed by atoms with Crippen molar-refractivity contribution in [3.05, 3.63) is 124 Å². The van der Waals surface area contributed by atoms with Crippen LogP contribution in [0.1, 0.15) is 43.0 Å². The van der Waals surface area contributed by atoms with E-state index in [4.69, 9.17) is 10.1 Å². The SMILES string of the molecule is O=C(O)c1cc(O)ccc1C(=O)Nc1ccc(Cc2ccc(NOCc3ccccc3COO)cc2)cc1. The van der Waals surface area contributed by atoms with E-state index in [1.165, 1.54) is 12.1 Å². The third-order valence-corrected chi connectivity index (χ3v) is 5.81. The number of benzene rings is 4. The smallest absolute Gasteiger partial charge is 0.336 e. The molecule has 0 radical (unpaired) electrons. The molecule has 38 heavy (non-hydrogen) atoms.